The molecular weight excluding hydrogens is 264 g/mol. The molecule has 15 heavy (non-hydrogen) atoms. The highest BCUT2D eigenvalue weighted by Gasteiger charge is 2.10. The van der Waals surface area contributed by atoms with Crippen LogP contribution in [-0.2, 0) is 7.05 Å². The van der Waals surface area contributed by atoms with E-state index in [1.807, 2.05) is 0 Å². The van der Waals surface area contributed by atoms with Crippen molar-refractivity contribution in [1.82, 2.24) is 9.55 Å². The molecule has 0 radical (unpaired) electrons. The molecule has 0 aliphatic carbocycles. The highest BCUT2D eigenvalue weighted by Crippen LogP contribution is 2.21. The highest BCUT2D eigenvalue weighted by atomic mass is 79.9. The molecule has 7 heteroatoms. The van der Waals surface area contributed by atoms with Crippen LogP contribution in [0.5, 0.6) is 0 Å². The molecule has 0 saturated carbocycles. The Labute approximate surface area is 95.6 Å². The fraction of sp³-hybridized carbons (Fsp3) is 0.125. The van der Waals surface area contributed by atoms with Crippen LogP contribution in [0.15, 0.2) is 18.2 Å². The molecule has 0 amide bonds. The van der Waals surface area contributed by atoms with Gasteiger partial charge in [-0.05, 0) is 6.07 Å². The second kappa shape index (κ2) is 3.85. The molecule has 0 saturated heterocycles. The molecule has 0 atom stereocenters. The molecule has 2 N–H and O–H groups in total. The lowest BCUT2D eigenvalue weighted by Gasteiger charge is -1.94. The molecule has 1 aromatic heterocycles. The van der Waals surface area contributed by atoms with Crippen molar-refractivity contribution in [1.29, 1.82) is 0 Å². The summed E-state index contributed by atoms with van der Waals surface area (Å²) in [4.78, 5) is 14.0. The molecule has 0 bridgehead atoms. The van der Waals surface area contributed by atoms with Crippen LogP contribution in [0.2, 0.25) is 0 Å². The van der Waals surface area contributed by atoms with Gasteiger partial charge in [-0.15, -0.1) is 17.0 Å². The van der Waals surface area contributed by atoms with E-state index in [9.17, 15) is 10.1 Å². The Morgan fingerprint density at radius 3 is 2.80 bits per heavy atom. The van der Waals surface area contributed by atoms with Crippen LogP contribution in [0.3, 0.4) is 0 Å². The minimum absolute atomic E-state index is 0. The van der Waals surface area contributed by atoms with Crippen LogP contribution in [0, 0.1) is 10.1 Å². The van der Waals surface area contributed by atoms with Crippen molar-refractivity contribution < 1.29 is 4.92 Å². The number of hydrogen-bond acceptors (Lipinski definition) is 4. The Morgan fingerprint density at radius 1 is 1.53 bits per heavy atom. The van der Waals surface area contributed by atoms with Crippen molar-refractivity contribution in [2.75, 3.05) is 5.73 Å². The van der Waals surface area contributed by atoms with Crippen molar-refractivity contribution in [2.45, 2.75) is 0 Å². The molecule has 0 fully saturated rings. The van der Waals surface area contributed by atoms with Crippen molar-refractivity contribution in [3.63, 3.8) is 0 Å². The monoisotopic (exact) mass is 272 g/mol. The summed E-state index contributed by atoms with van der Waals surface area (Å²) in [6, 6.07) is 4.48. The first kappa shape index (κ1) is 11.4. The van der Waals surface area contributed by atoms with E-state index >= 15 is 0 Å². The van der Waals surface area contributed by atoms with E-state index in [0.29, 0.717) is 11.5 Å². The maximum absolute atomic E-state index is 10.5. The van der Waals surface area contributed by atoms with E-state index in [1.54, 1.807) is 17.7 Å². The molecule has 0 unspecified atom stereocenters. The summed E-state index contributed by atoms with van der Waals surface area (Å²) >= 11 is 0. The average molecular weight is 273 g/mol. The molecule has 1 aromatic carbocycles. The number of nitro groups is 1. The zero-order valence-corrected chi connectivity index (χ0v) is 9.59. The molecular formula is C8H9BrN4O2. The Kier molecular flexibility index (Phi) is 2.94. The smallest absolute Gasteiger partial charge is 0.271 e. The second-order valence-electron chi connectivity index (χ2n) is 2.96. The van der Waals surface area contributed by atoms with Crippen LogP contribution in [0.1, 0.15) is 0 Å². The number of nitrogen functional groups attached to an aromatic ring is 1. The van der Waals surface area contributed by atoms with Crippen molar-refractivity contribution >= 4 is 39.7 Å². The van der Waals surface area contributed by atoms with Gasteiger partial charge in [0.25, 0.3) is 5.69 Å². The number of rotatable bonds is 1. The minimum atomic E-state index is -0.454. The van der Waals surface area contributed by atoms with Gasteiger partial charge in [0.15, 0.2) is 0 Å². The fourth-order valence-electron chi connectivity index (χ4n) is 1.32. The number of nitro benzene ring substituents is 1. The summed E-state index contributed by atoms with van der Waals surface area (Å²) in [7, 11) is 1.76. The van der Waals surface area contributed by atoms with E-state index in [0.717, 1.165) is 5.52 Å². The molecule has 0 spiro atoms. The third-order valence-corrected chi connectivity index (χ3v) is 2.11. The Hall–Kier alpha value is -1.63. The first-order chi connectivity index (χ1) is 6.59. The van der Waals surface area contributed by atoms with E-state index in [-0.39, 0.29) is 22.7 Å². The number of fused-ring (bicyclic) bond motifs is 1. The molecule has 2 aromatic rings. The lowest BCUT2D eigenvalue weighted by atomic mass is 10.3. The van der Waals surface area contributed by atoms with E-state index < -0.39 is 4.92 Å². The van der Waals surface area contributed by atoms with E-state index in [2.05, 4.69) is 4.98 Å². The van der Waals surface area contributed by atoms with Gasteiger partial charge in [0.1, 0.15) is 0 Å². The summed E-state index contributed by atoms with van der Waals surface area (Å²) in [5, 5.41) is 10.5. The first-order valence-electron chi connectivity index (χ1n) is 3.96. The summed E-state index contributed by atoms with van der Waals surface area (Å²) in [6.07, 6.45) is 0. The Morgan fingerprint density at radius 2 is 2.20 bits per heavy atom. The maximum Gasteiger partial charge on any atom is 0.271 e. The molecule has 2 rings (SSSR count). The van der Waals surface area contributed by atoms with Crippen molar-refractivity contribution in [2.24, 2.45) is 7.05 Å². The van der Waals surface area contributed by atoms with Crippen LogP contribution in [-0.4, -0.2) is 14.5 Å². The van der Waals surface area contributed by atoms with Gasteiger partial charge in [-0.1, -0.05) is 0 Å². The standard InChI is InChI=1S/C8H8N4O2.BrH/c1-11-7-3-2-5(12(13)14)4-6(7)10-8(11)9;/h2-4H,1H3,(H2,9,10);1H. The first-order valence-corrected chi connectivity index (χ1v) is 3.96. The van der Waals surface area contributed by atoms with Gasteiger partial charge < -0.3 is 10.3 Å². The van der Waals surface area contributed by atoms with E-state index in [4.69, 9.17) is 5.73 Å². The molecule has 80 valence electrons. The summed E-state index contributed by atoms with van der Waals surface area (Å²) in [6.45, 7) is 0. The van der Waals surface area contributed by atoms with Gasteiger partial charge in [-0.3, -0.25) is 10.1 Å². The topological polar surface area (TPSA) is 87.0 Å². The SMILES string of the molecule is Br.Cn1c(N)nc2cc([N+](=O)[O-])ccc21. The quantitative estimate of drug-likeness (QED) is 0.632. The van der Waals surface area contributed by atoms with Crippen LogP contribution in [0.4, 0.5) is 11.6 Å². The van der Waals surface area contributed by atoms with Gasteiger partial charge >= 0.3 is 0 Å². The third kappa shape index (κ3) is 1.78. The van der Waals surface area contributed by atoms with Crippen molar-refractivity contribution in [3.8, 4) is 0 Å². The molecule has 0 aliphatic heterocycles. The number of non-ortho nitro benzene ring substituents is 1. The Bertz CT molecular complexity index is 523. The van der Waals surface area contributed by atoms with Crippen LogP contribution >= 0.6 is 17.0 Å². The number of hydrogen-bond donors (Lipinski definition) is 1. The molecule has 1 heterocycles. The average Bonchev–Trinajstić information content (AvgIpc) is 2.42. The van der Waals surface area contributed by atoms with Gasteiger partial charge in [-0.25, -0.2) is 4.98 Å². The van der Waals surface area contributed by atoms with Gasteiger partial charge in [0.2, 0.25) is 5.95 Å². The van der Waals surface area contributed by atoms with Gasteiger partial charge in [0, 0.05) is 19.2 Å². The predicted molar refractivity (Wildman–Crippen MR) is 62.1 cm³/mol. The maximum atomic E-state index is 10.5. The number of imidazole rings is 1. The van der Waals surface area contributed by atoms with Gasteiger partial charge in [-0.2, -0.15) is 0 Å². The fourth-order valence-corrected chi connectivity index (χ4v) is 1.32. The number of aromatic nitrogens is 2. The molecule has 0 aliphatic rings. The summed E-state index contributed by atoms with van der Waals surface area (Å²) < 4.78 is 1.68. The number of halogens is 1. The third-order valence-electron chi connectivity index (χ3n) is 2.11. The largest absolute Gasteiger partial charge is 0.369 e. The Balaban J connectivity index is 0.00000112. The van der Waals surface area contributed by atoms with Gasteiger partial charge in [0.05, 0.1) is 16.0 Å². The number of nitrogens with two attached hydrogens (primary N) is 1. The van der Waals surface area contributed by atoms with Crippen LogP contribution in [0.25, 0.3) is 11.0 Å². The summed E-state index contributed by atoms with van der Waals surface area (Å²) in [5.74, 6) is 0.348. The molecule has 6 nitrogen and oxygen atoms in total. The highest BCUT2D eigenvalue weighted by molar-refractivity contribution is 8.93. The minimum Gasteiger partial charge on any atom is -0.369 e. The van der Waals surface area contributed by atoms with Crippen molar-refractivity contribution in [3.05, 3.63) is 28.3 Å². The second-order valence-corrected chi connectivity index (χ2v) is 2.96. The number of nitrogens with zero attached hydrogens (tertiary/aromatic N) is 3. The lowest BCUT2D eigenvalue weighted by molar-refractivity contribution is -0.384. The van der Waals surface area contributed by atoms with E-state index in [1.165, 1.54) is 12.1 Å². The zero-order chi connectivity index (χ0) is 10.3. The summed E-state index contributed by atoms with van der Waals surface area (Å²) in [5.41, 5.74) is 6.91. The normalized spacial score (nSPS) is 9.93. The predicted octanol–water partition coefficient (Wildman–Crippen LogP) is 1.64. The number of benzene rings is 1. The lowest BCUT2D eigenvalue weighted by Crippen LogP contribution is -1.95. The van der Waals surface area contributed by atoms with Crippen LogP contribution < -0.4 is 5.73 Å². The zero-order valence-electron chi connectivity index (χ0n) is 7.88. The number of anilines is 1. The number of aryl methyl sites for hydroxylation is 1.